The summed E-state index contributed by atoms with van der Waals surface area (Å²) in [6.45, 7) is 0.334. The minimum Gasteiger partial charge on any atom is -0.495 e. The van der Waals surface area contributed by atoms with E-state index in [2.05, 4.69) is 5.32 Å². The average molecular weight is 501 g/mol. The molecule has 1 fully saturated rings. The fourth-order valence-corrected chi connectivity index (χ4v) is 6.42. The van der Waals surface area contributed by atoms with Gasteiger partial charge in [-0.2, -0.15) is 4.31 Å². The Kier molecular flexibility index (Phi) is 7.55. The molecule has 1 heterocycles. The first-order valence-electron chi connectivity index (χ1n) is 10.8. The van der Waals surface area contributed by atoms with Crippen molar-refractivity contribution >= 4 is 33.4 Å². The van der Waals surface area contributed by atoms with E-state index in [0.717, 1.165) is 27.6 Å². The molecule has 0 aromatic heterocycles. The van der Waals surface area contributed by atoms with Crippen molar-refractivity contribution in [2.24, 2.45) is 5.92 Å². The predicted molar refractivity (Wildman–Crippen MR) is 130 cm³/mol. The van der Waals surface area contributed by atoms with Crippen LogP contribution in [0.5, 0.6) is 5.75 Å². The van der Waals surface area contributed by atoms with Crippen LogP contribution in [0.3, 0.4) is 0 Å². The number of carbonyl (C=O) groups excluding carboxylic acids is 1. The maximum atomic E-state index is 13.7. The van der Waals surface area contributed by atoms with Crippen LogP contribution in [-0.2, 0) is 14.8 Å². The first-order chi connectivity index (χ1) is 16.4. The second-order valence-electron chi connectivity index (χ2n) is 7.87. The van der Waals surface area contributed by atoms with Crippen molar-refractivity contribution in [1.29, 1.82) is 0 Å². The summed E-state index contributed by atoms with van der Waals surface area (Å²) in [6.07, 6.45) is 0.743. The highest BCUT2D eigenvalue weighted by Crippen LogP contribution is 2.34. The molecule has 0 bridgehead atoms. The van der Waals surface area contributed by atoms with E-state index >= 15 is 0 Å². The van der Waals surface area contributed by atoms with E-state index in [4.69, 9.17) is 4.74 Å². The zero-order chi connectivity index (χ0) is 24.1. The van der Waals surface area contributed by atoms with E-state index in [9.17, 15) is 17.6 Å². The molecule has 3 aromatic carbocycles. The molecule has 0 radical (unpaired) electrons. The summed E-state index contributed by atoms with van der Waals surface area (Å²) in [5, 5.41) is 3.01. The highest BCUT2D eigenvalue weighted by atomic mass is 32.2. The van der Waals surface area contributed by atoms with Crippen LogP contribution in [0.1, 0.15) is 12.8 Å². The van der Waals surface area contributed by atoms with Gasteiger partial charge in [-0.1, -0.05) is 42.1 Å². The van der Waals surface area contributed by atoms with Gasteiger partial charge in [0.1, 0.15) is 16.5 Å². The third kappa shape index (κ3) is 5.43. The minimum atomic E-state index is -3.94. The Hall–Kier alpha value is -2.88. The molecular weight excluding hydrogens is 475 g/mol. The maximum absolute atomic E-state index is 13.7. The Bertz CT molecular complexity index is 1260. The average Bonchev–Trinajstić information content (AvgIpc) is 2.86. The smallest absolute Gasteiger partial charge is 0.246 e. The van der Waals surface area contributed by atoms with Gasteiger partial charge in [-0.3, -0.25) is 4.79 Å². The molecule has 1 aliphatic heterocycles. The Morgan fingerprint density at radius 1 is 1.03 bits per heavy atom. The molecule has 178 valence electrons. The SMILES string of the molecule is COc1ccc(F)cc1S(=O)(=O)N1CCC(C(=O)Nc2ccccc2Sc2ccccc2)CC1. The van der Waals surface area contributed by atoms with Crippen molar-refractivity contribution in [2.45, 2.75) is 27.5 Å². The number of ether oxygens (including phenoxy) is 1. The molecule has 9 heteroatoms. The van der Waals surface area contributed by atoms with Gasteiger partial charge in [0.25, 0.3) is 0 Å². The number of rotatable bonds is 7. The lowest BCUT2D eigenvalue weighted by Gasteiger charge is -2.31. The third-order valence-corrected chi connectivity index (χ3v) is 8.69. The summed E-state index contributed by atoms with van der Waals surface area (Å²) in [7, 11) is -2.60. The second-order valence-corrected chi connectivity index (χ2v) is 10.9. The summed E-state index contributed by atoms with van der Waals surface area (Å²) < 4.78 is 46.3. The Labute approximate surface area is 203 Å². The minimum absolute atomic E-state index is 0.0915. The number of para-hydroxylation sites is 1. The maximum Gasteiger partial charge on any atom is 0.246 e. The van der Waals surface area contributed by atoms with Crippen LogP contribution in [0.25, 0.3) is 0 Å². The van der Waals surface area contributed by atoms with E-state index in [1.165, 1.54) is 17.5 Å². The number of nitrogens with zero attached hydrogens (tertiary/aromatic N) is 1. The number of amides is 1. The van der Waals surface area contributed by atoms with Crippen molar-refractivity contribution in [3.05, 3.63) is 78.6 Å². The summed E-state index contributed by atoms with van der Waals surface area (Å²) in [4.78, 5) is 14.8. The molecule has 0 aliphatic carbocycles. The van der Waals surface area contributed by atoms with E-state index in [1.807, 2.05) is 54.6 Å². The molecule has 0 unspecified atom stereocenters. The van der Waals surface area contributed by atoms with Crippen LogP contribution in [0.2, 0.25) is 0 Å². The molecule has 1 aliphatic rings. The van der Waals surface area contributed by atoms with Crippen LogP contribution in [0, 0.1) is 11.7 Å². The number of nitrogens with one attached hydrogen (secondary N) is 1. The molecule has 0 atom stereocenters. The summed E-state index contributed by atoms with van der Waals surface area (Å²) in [6, 6.07) is 20.9. The fraction of sp³-hybridized carbons (Fsp3) is 0.240. The molecule has 34 heavy (non-hydrogen) atoms. The molecule has 1 saturated heterocycles. The molecule has 1 amide bonds. The lowest BCUT2D eigenvalue weighted by atomic mass is 9.97. The van der Waals surface area contributed by atoms with Gasteiger partial charge in [0.05, 0.1) is 12.8 Å². The van der Waals surface area contributed by atoms with Crippen molar-refractivity contribution in [3.8, 4) is 5.75 Å². The number of carbonyl (C=O) groups is 1. The Morgan fingerprint density at radius 3 is 2.41 bits per heavy atom. The van der Waals surface area contributed by atoms with Crippen LogP contribution < -0.4 is 10.1 Å². The number of benzene rings is 3. The highest BCUT2D eigenvalue weighted by molar-refractivity contribution is 7.99. The van der Waals surface area contributed by atoms with Crippen molar-refractivity contribution in [2.75, 3.05) is 25.5 Å². The summed E-state index contributed by atoms with van der Waals surface area (Å²) in [5.41, 5.74) is 0.723. The normalized spacial score (nSPS) is 15.1. The standard InChI is InChI=1S/C25H25FN2O4S2/c1-32-22-12-11-19(26)17-24(22)34(30,31)28-15-13-18(14-16-28)25(29)27-21-9-5-6-10-23(21)33-20-7-3-2-4-8-20/h2-12,17-18H,13-16H2,1H3,(H,27,29). The predicted octanol–water partition coefficient (Wildman–Crippen LogP) is 5.02. The molecule has 4 rings (SSSR count). The summed E-state index contributed by atoms with van der Waals surface area (Å²) in [5.74, 6) is -1.02. The van der Waals surface area contributed by atoms with Gasteiger partial charge in [-0.15, -0.1) is 0 Å². The zero-order valence-electron chi connectivity index (χ0n) is 18.6. The lowest BCUT2D eigenvalue weighted by molar-refractivity contribution is -0.120. The van der Waals surface area contributed by atoms with Gasteiger partial charge in [-0.25, -0.2) is 12.8 Å². The van der Waals surface area contributed by atoms with Crippen molar-refractivity contribution in [3.63, 3.8) is 0 Å². The van der Waals surface area contributed by atoms with Gasteiger partial charge in [0, 0.05) is 28.8 Å². The van der Waals surface area contributed by atoms with Crippen LogP contribution in [-0.4, -0.2) is 38.8 Å². The van der Waals surface area contributed by atoms with E-state index < -0.39 is 15.8 Å². The first-order valence-corrected chi connectivity index (χ1v) is 13.1. The largest absolute Gasteiger partial charge is 0.495 e. The van der Waals surface area contributed by atoms with Crippen LogP contribution >= 0.6 is 11.8 Å². The lowest BCUT2D eigenvalue weighted by Crippen LogP contribution is -2.41. The summed E-state index contributed by atoms with van der Waals surface area (Å²) >= 11 is 1.56. The zero-order valence-corrected chi connectivity index (χ0v) is 20.2. The number of sulfonamides is 1. The molecule has 3 aromatic rings. The van der Waals surface area contributed by atoms with Crippen LogP contribution in [0.15, 0.2) is 87.5 Å². The first kappa shape index (κ1) is 24.3. The van der Waals surface area contributed by atoms with E-state index in [1.54, 1.807) is 11.8 Å². The molecule has 0 spiro atoms. The Morgan fingerprint density at radius 2 is 1.71 bits per heavy atom. The number of piperidine rings is 1. The van der Waals surface area contributed by atoms with Gasteiger partial charge in [0.2, 0.25) is 15.9 Å². The quantitative estimate of drug-likeness (QED) is 0.493. The number of methoxy groups -OCH3 is 1. The Balaban J connectivity index is 1.42. The van der Waals surface area contributed by atoms with Gasteiger partial charge in [0.15, 0.2) is 0 Å². The molecule has 1 N–H and O–H groups in total. The van der Waals surface area contributed by atoms with Gasteiger partial charge < -0.3 is 10.1 Å². The molecular formula is C25H25FN2O4S2. The van der Waals surface area contributed by atoms with Gasteiger partial charge in [-0.05, 0) is 55.3 Å². The topological polar surface area (TPSA) is 75.7 Å². The van der Waals surface area contributed by atoms with Gasteiger partial charge >= 0.3 is 0 Å². The fourth-order valence-electron chi connectivity index (χ4n) is 3.86. The second kappa shape index (κ2) is 10.6. The van der Waals surface area contributed by atoms with E-state index in [-0.39, 0.29) is 35.6 Å². The number of halogens is 1. The monoisotopic (exact) mass is 500 g/mol. The molecule has 0 saturated carbocycles. The third-order valence-electron chi connectivity index (χ3n) is 5.68. The number of anilines is 1. The van der Waals surface area contributed by atoms with Crippen molar-refractivity contribution in [1.82, 2.24) is 4.31 Å². The van der Waals surface area contributed by atoms with Crippen molar-refractivity contribution < 1.29 is 22.3 Å². The van der Waals surface area contributed by atoms with E-state index in [0.29, 0.717) is 12.8 Å². The number of hydrogen-bond acceptors (Lipinski definition) is 5. The number of hydrogen-bond donors (Lipinski definition) is 1. The van der Waals surface area contributed by atoms with Crippen LogP contribution in [0.4, 0.5) is 10.1 Å². The highest BCUT2D eigenvalue weighted by Gasteiger charge is 2.34. The molecule has 6 nitrogen and oxygen atoms in total.